The summed E-state index contributed by atoms with van der Waals surface area (Å²) in [6.45, 7) is 6.39. The van der Waals surface area contributed by atoms with Gasteiger partial charge in [-0.1, -0.05) is 6.58 Å². The third kappa shape index (κ3) is 4.09. The number of carbonyl (C=O) groups is 1. The number of methoxy groups -OCH3 is 1. The molecule has 4 aromatic heterocycles. The summed E-state index contributed by atoms with van der Waals surface area (Å²) in [5.74, 6) is -1.61. The molecule has 1 atom stereocenters. The second kappa shape index (κ2) is 9.42. The first kappa shape index (κ1) is 24.9. The van der Waals surface area contributed by atoms with Crippen LogP contribution in [-0.4, -0.2) is 48.5 Å². The molecule has 1 aliphatic heterocycles. The quantitative estimate of drug-likeness (QED) is 0.275. The highest BCUT2D eigenvalue weighted by Crippen LogP contribution is 2.47. The minimum Gasteiger partial charge on any atom is -0.496 e. The molecule has 11 heteroatoms. The Morgan fingerprint density at radius 1 is 1.23 bits per heavy atom. The SMILES string of the molecule is C=CC(=O)N1Cc2cc(-c3nc(-c4cnn(C)c4)c4ccsc4c3-c3c(F)cc(F)cc3OC)nn2C[C@H]1C. The van der Waals surface area contributed by atoms with Crippen LogP contribution in [0.1, 0.15) is 12.6 Å². The first-order chi connectivity index (χ1) is 18.8. The van der Waals surface area contributed by atoms with Crippen LogP contribution in [0.15, 0.2) is 54.7 Å². The van der Waals surface area contributed by atoms with E-state index < -0.39 is 11.6 Å². The van der Waals surface area contributed by atoms with E-state index in [2.05, 4.69) is 11.7 Å². The van der Waals surface area contributed by atoms with Crippen molar-refractivity contribution in [2.45, 2.75) is 26.1 Å². The number of amides is 1. The molecule has 0 spiro atoms. The van der Waals surface area contributed by atoms with Crippen molar-refractivity contribution in [2.75, 3.05) is 7.11 Å². The maximum absolute atomic E-state index is 15.6. The molecule has 8 nitrogen and oxygen atoms in total. The van der Waals surface area contributed by atoms with Crippen LogP contribution in [0.5, 0.6) is 5.75 Å². The number of pyridine rings is 1. The molecule has 0 unspecified atom stereocenters. The standard InChI is InChI=1S/C28H24F2N6O2S/c1-5-23(37)35-14-18-10-21(33-36(18)12-15(35)2)27-25(24-20(30)8-17(29)9-22(24)38-4)28-19(6-7-39-28)26(32-27)16-11-31-34(3)13-16/h5-11,13,15H,1,12,14H2,2-4H3/t15-/m1/s1. The summed E-state index contributed by atoms with van der Waals surface area (Å²) in [6.07, 6.45) is 4.89. The maximum Gasteiger partial charge on any atom is 0.246 e. The third-order valence-corrected chi connectivity index (χ3v) is 7.87. The molecule has 0 bridgehead atoms. The van der Waals surface area contributed by atoms with Gasteiger partial charge >= 0.3 is 0 Å². The summed E-state index contributed by atoms with van der Waals surface area (Å²) in [7, 11) is 3.20. The number of benzene rings is 1. The molecule has 1 aromatic carbocycles. The lowest BCUT2D eigenvalue weighted by Crippen LogP contribution is -2.44. The van der Waals surface area contributed by atoms with Crippen molar-refractivity contribution in [1.82, 2.24) is 29.4 Å². The van der Waals surface area contributed by atoms with Crippen LogP contribution in [-0.2, 0) is 24.9 Å². The summed E-state index contributed by atoms with van der Waals surface area (Å²) in [6, 6.07) is 5.70. The topological polar surface area (TPSA) is 78.1 Å². The lowest BCUT2D eigenvalue weighted by Gasteiger charge is -2.33. The number of rotatable bonds is 5. The van der Waals surface area contributed by atoms with Crippen molar-refractivity contribution in [3.63, 3.8) is 0 Å². The Balaban J connectivity index is 1.64. The largest absolute Gasteiger partial charge is 0.496 e. The van der Waals surface area contributed by atoms with Gasteiger partial charge in [-0.05, 0) is 30.5 Å². The molecule has 198 valence electrons. The molecule has 0 aliphatic carbocycles. The number of thiophene rings is 1. The highest BCUT2D eigenvalue weighted by molar-refractivity contribution is 7.18. The van der Waals surface area contributed by atoms with Gasteiger partial charge in [0.15, 0.2) is 0 Å². The summed E-state index contributed by atoms with van der Waals surface area (Å²) in [4.78, 5) is 19.2. The van der Waals surface area contributed by atoms with Crippen molar-refractivity contribution < 1.29 is 18.3 Å². The number of aryl methyl sites for hydroxylation is 1. The van der Waals surface area contributed by atoms with Gasteiger partial charge in [-0.3, -0.25) is 14.2 Å². The second-order valence-electron chi connectivity index (χ2n) is 9.44. The molecule has 0 saturated heterocycles. The Bertz CT molecular complexity index is 1770. The highest BCUT2D eigenvalue weighted by Gasteiger charge is 2.30. The number of halogens is 2. The number of hydrogen-bond donors (Lipinski definition) is 0. The van der Waals surface area contributed by atoms with Gasteiger partial charge < -0.3 is 9.64 Å². The average Bonchev–Trinajstić information content (AvgIpc) is 3.66. The Morgan fingerprint density at radius 2 is 2.05 bits per heavy atom. The fraction of sp³-hybridized carbons (Fsp3) is 0.214. The van der Waals surface area contributed by atoms with Crippen LogP contribution < -0.4 is 4.74 Å². The molecule has 0 fully saturated rings. The van der Waals surface area contributed by atoms with Gasteiger partial charge in [0.2, 0.25) is 5.91 Å². The minimum atomic E-state index is -0.765. The zero-order valence-corrected chi connectivity index (χ0v) is 22.3. The first-order valence-electron chi connectivity index (χ1n) is 12.2. The zero-order valence-electron chi connectivity index (χ0n) is 21.5. The van der Waals surface area contributed by atoms with Crippen LogP contribution in [0.2, 0.25) is 0 Å². The monoisotopic (exact) mass is 546 g/mol. The van der Waals surface area contributed by atoms with Crippen molar-refractivity contribution in [1.29, 1.82) is 0 Å². The van der Waals surface area contributed by atoms with E-state index in [4.69, 9.17) is 14.8 Å². The summed E-state index contributed by atoms with van der Waals surface area (Å²) < 4.78 is 39.5. The van der Waals surface area contributed by atoms with Gasteiger partial charge in [-0.2, -0.15) is 10.2 Å². The van der Waals surface area contributed by atoms with Crippen molar-refractivity contribution >= 4 is 27.3 Å². The van der Waals surface area contributed by atoms with E-state index >= 15 is 4.39 Å². The number of ether oxygens (including phenoxy) is 1. The third-order valence-electron chi connectivity index (χ3n) is 6.94. The number of fused-ring (bicyclic) bond motifs is 2. The second-order valence-corrected chi connectivity index (χ2v) is 10.4. The number of aromatic nitrogens is 5. The Kier molecular flexibility index (Phi) is 6.02. The summed E-state index contributed by atoms with van der Waals surface area (Å²) in [5.41, 5.74) is 3.77. The van der Waals surface area contributed by atoms with Gasteiger partial charge in [0.05, 0.1) is 43.3 Å². The van der Waals surface area contributed by atoms with Crippen LogP contribution >= 0.6 is 11.3 Å². The number of hydrogen-bond acceptors (Lipinski definition) is 6. The number of carbonyl (C=O) groups excluding carboxylic acids is 1. The number of nitrogens with zero attached hydrogens (tertiary/aromatic N) is 6. The highest BCUT2D eigenvalue weighted by atomic mass is 32.1. The fourth-order valence-electron chi connectivity index (χ4n) is 5.11. The Labute approximate surface area is 226 Å². The minimum absolute atomic E-state index is 0.0553. The smallest absolute Gasteiger partial charge is 0.246 e. The molecule has 39 heavy (non-hydrogen) atoms. The Hall–Kier alpha value is -4.38. The molecule has 1 aliphatic rings. The molecule has 0 saturated carbocycles. The van der Waals surface area contributed by atoms with E-state index in [1.807, 2.05) is 42.4 Å². The van der Waals surface area contributed by atoms with Crippen LogP contribution in [0.25, 0.3) is 43.9 Å². The first-order valence-corrected chi connectivity index (χ1v) is 13.1. The fourth-order valence-corrected chi connectivity index (χ4v) is 6.06. The molecule has 1 amide bonds. The van der Waals surface area contributed by atoms with Crippen molar-refractivity contribution in [3.05, 3.63) is 72.0 Å². The molecule has 6 rings (SSSR count). The van der Waals surface area contributed by atoms with Crippen LogP contribution in [0, 0.1) is 11.6 Å². The molecule has 5 aromatic rings. The van der Waals surface area contributed by atoms with E-state index in [-0.39, 0.29) is 23.3 Å². The molecule has 0 radical (unpaired) electrons. The molecule has 0 N–H and O–H groups in total. The zero-order chi connectivity index (χ0) is 27.4. The van der Waals surface area contributed by atoms with Crippen molar-refractivity contribution in [3.8, 4) is 39.5 Å². The van der Waals surface area contributed by atoms with E-state index in [1.165, 1.54) is 24.5 Å². The lowest BCUT2D eigenvalue weighted by atomic mass is 9.97. The van der Waals surface area contributed by atoms with E-state index in [9.17, 15) is 9.18 Å². The molecular weight excluding hydrogens is 522 g/mol. The molecule has 5 heterocycles. The van der Waals surface area contributed by atoms with E-state index in [0.717, 1.165) is 33.5 Å². The predicted molar refractivity (Wildman–Crippen MR) is 145 cm³/mol. The van der Waals surface area contributed by atoms with Gasteiger partial charge in [0.25, 0.3) is 0 Å². The Morgan fingerprint density at radius 3 is 2.77 bits per heavy atom. The average molecular weight is 547 g/mol. The summed E-state index contributed by atoms with van der Waals surface area (Å²) >= 11 is 1.43. The predicted octanol–water partition coefficient (Wildman–Crippen LogP) is 5.43. The molecular formula is C28H24F2N6O2S. The van der Waals surface area contributed by atoms with Gasteiger partial charge in [0.1, 0.15) is 28.8 Å². The van der Waals surface area contributed by atoms with Crippen LogP contribution in [0.3, 0.4) is 0 Å². The van der Waals surface area contributed by atoms with Gasteiger partial charge in [0, 0.05) is 52.6 Å². The van der Waals surface area contributed by atoms with Gasteiger partial charge in [-0.15, -0.1) is 11.3 Å². The lowest BCUT2D eigenvalue weighted by molar-refractivity contribution is -0.129. The van der Waals surface area contributed by atoms with E-state index in [1.54, 1.807) is 15.8 Å². The maximum atomic E-state index is 15.6. The van der Waals surface area contributed by atoms with E-state index in [0.29, 0.717) is 35.7 Å². The van der Waals surface area contributed by atoms with Gasteiger partial charge in [-0.25, -0.2) is 13.8 Å². The summed E-state index contributed by atoms with van der Waals surface area (Å²) in [5, 5.41) is 11.9. The van der Waals surface area contributed by atoms with Crippen molar-refractivity contribution in [2.24, 2.45) is 7.05 Å². The normalized spacial score (nSPS) is 15.0. The van der Waals surface area contributed by atoms with Crippen LogP contribution in [0.4, 0.5) is 8.78 Å².